The summed E-state index contributed by atoms with van der Waals surface area (Å²) in [6.45, 7) is 0.290. The predicted octanol–water partition coefficient (Wildman–Crippen LogP) is 2.71. The lowest BCUT2D eigenvalue weighted by molar-refractivity contribution is -0.120. The number of nitrogens with zero attached hydrogens (tertiary/aromatic N) is 1. The Morgan fingerprint density at radius 3 is 2.46 bits per heavy atom. The minimum Gasteiger partial charge on any atom is -0.496 e. The van der Waals surface area contributed by atoms with Crippen molar-refractivity contribution in [3.63, 3.8) is 0 Å². The molecule has 0 saturated carbocycles. The molecule has 26 heavy (non-hydrogen) atoms. The van der Waals surface area contributed by atoms with Crippen LogP contribution in [0.15, 0.2) is 40.9 Å². The van der Waals surface area contributed by atoms with Crippen LogP contribution in [0.25, 0.3) is 11.0 Å². The molecule has 0 saturated heterocycles. The van der Waals surface area contributed by atoms with Gasteiger partial charge < -0.3 is 24.1 Å². The Hall–Kier alpha value is -3.22. The third kappa shape index (κ3) is 3.56. The molecular formula is C19H20N2O5. The topological polar surface area (TPSA) is 82.8 Å². The number of nitrogens with one attached hydrogen (secondary N) is 1. The van der Waals surface area contributed by atoms with Crippen LogP contribution in [0.4, 0.5) is 0 Å². The molecule has 0 aliphatic rings. The van der Waals surface area contributed by atoms with Crippen molar-refractivity contribution in [3.05, 3.63) is 47.7 Å². The number of para-hydroxylation sites is 1. The van der Waals surface area contributed by atoms with Crippen LogP contribution in [0.2, 0.25) is 0 Å². The highest BCUT2D eigenvalue weighted by Crippen LogP contribution is 2.34. The van der Waals surface area contributed by atoms with Gasteiger partial charge in [0.1, 0.15) is 11.4 Å². The number of rotatable bonds is 7. The van der Waals surface area contributed by atoms with E-state index in [4.69, 9.17) is 18.7 Å². The number of hydrogen-bond acceptors (Lipinski definition) is 6. The Bertz CT molecular complexity index is 919. The van der Waals surface area contributed by atoms with Gasteiger partial charge in [0.15, 0.2) is 17.1 Å². The summed E-state index contributed by atoms with van der Waals surface area (Å²) in [5.74, 6) is 1.57. The number of fused-ring (bicyclic) bond motifs is 1. The fourth-order valence-corrected chi connectivity index (χ4v) is 2.70. The highest BCUT2D eigenvalue weighted by atomic mass is 16.5. The molecular weight excluding hydrogens is 336 g/mol. The maximum Gasteiger partial charge on any atom is 0.226 e. The van der Waals surface area contributed by atoms with Crippen LogP contribution in [0.3, 0.4) is 0 Å². The Balaban J connectivity index is 1.71. The van der Waals surface area contributed by atoms with Gasteiger partial charge in [-0.25, -0.2) is 0 Å². The molecule has 0 fully saturated rings. The van der Waals surface area contributed by atoms with E-state index in [2.05, 4.69) is 10.5 Å². The SMILES string of the molecule is COc1cc(OC)c(OC)cc1CNC(=O)Cc1noc2ccccc12. The monoisotopic (exact) mass is 356 g/mol. The van der Waals surface area contributed by atoms with E-state index in [0.717, 1.165) is 10.9 Å². The standard InChI is InChI=1S/C19H20N2O5/c1-23-16-10-18(25-3)17(24-2)8-12(16)11-20-19(22)9-14-13-6-4-5-7-15(13)26-21-14/h4-8,10H,9,11H2,1-3H3,(H,20,22). The van der Waals surface area contributed by atoms with Crippen molar-refractivity contribution in [2.75, 3.05) is 21.3 Å². The van der Waals surface area contributed by atoms with E-state index >= 15 is 0 Å². The Morgan fingerprint density at radius 2 is 1.73 bits per heavy atom. The van der Waals surface area contributed by atoms with Crippen LogP contribution in [0, 0.1) is 0 Å². The van der Waals surface area contributed by atoms with E-state index in [0.29, 0.717) is 28.5 Å². The van der Waals surface area contributed by atoms with Gasteiger partial charge in [-0.2, -0.15) is 0 Å². The highest BCUT2D eigenvalue weighted by Gasteiger charge is 2.15. The Morgan fingerprint density at radius 1 is 1.04 bits per heavy atom. The molecule has 0 aliphatic heterocycles. The maximum atomic E-state index is 12.3. The highest BCUT2D eigenvalue weighted by molar-refractivity contribution is 5.86. The van der Waals surface area contributed by atoms with E-state index in [9.17, 15) is 4.79 Å². The first-order chi connectivity index (χ1) is 12.7. The van der Waals surface area contributed by atoms with Crippen LogP contribution in [0.5, 0.6) is 17.2 Å². The van der Waals surface area contributed by atoms with E-state index in [1.165, 1.54) is 0 Å². The van der Waals surface area contributed by atoms with Crippen molar-refractivity contribution in [1.82, 2.24) is 10.5 Å². The minimum atomic E-state index is -0.166. The molecule has 3 aromatic rings. The average Bonchev–Trinajstić information content (AvgIpc) is 3.08. The molecule has 0 radical (unpaired) electrons. The van der Waals surface area contributed by atoms with Crippen LogP contribution >= 0.6 is 0 Å². The molecule has 0 spiro atoms. The molecule has 136 valence electrons. The first-order valence-corrected chi connectivity index (χ1v) is 8.05. The van der Waals surface area contributed by atoms with Crippen molar-refractivity contribution >= 4 is 16.9 Å². The summed E-state index contributed by atoms with van der Waals surface area (Å²) in [6, 6.07) is 11.0. The van der Waals surface area contributed by atoms with E-state index < -0.39 is 0 Å². The molecule has 7 heteroatoms. The lowest BCUT2D eigenvalue weighted by Gasteiger charge is -2.14. The van der Waals surface area contributed by atoms with E-state index in [1.807, 2.05) is 24.3 Å². The molecule has 1 N–H and O–H groups in total. The first kappa shape index (κ1) is 17.6. The summed E-state index contributed by atoms with van der Waals surface area (Å²) in [7, 11) is 4.68. The molecule has 0 atom stereocenters. The van der Waals surface area contributed by atoms with E-state index in [1.54, 1.807) is 33.5 Å². The summed E-state index contributed by atoms with van der Waals surface area (Å²) in [4.78, 5) is 12.3. The van der Waals surface area contributed by atoms with Crippen molar-refractivity contribution in [2.24, 2.45) is 0 Å². The van der Waals surface area contributed by atoms with Gasteiger partial charge in [0.05, 0.1) is 27.8 Å². The van der Waals surface area contributed by atoms with Crippen LogP contribution < -0.4 is 19.5 Å². The number of amides is 1. The lowest BCUT2D eigenvalue weighted by Crippen LogP contribution is -2.25. The minimum absolute atomic E-state index is 0.132. The average molecular weight is 356 g/mol. The normalized spacial score (nSPS) is 10.6. The Kier molecular flexibility index (Phi) is 5.26. The second-order valence-corrected chi connectivity index (χ2v) is 5.60. The molecule has 3 rings (SSSR count). The number of aromatic nitrogens is 1. The summed E-state index contributed by atoms with van der Waals surface area (Å²) < 4.78 is 21.2. The van der Waals surface area contributed by atoms with Gasteiger partial charge >= 0.3 is 0 Å². The third-order valence-corrected chi connectivity index (χ3v) is 4.04. The maximum absolute atomic E-state index is 12.3. The number of carbonyl (C=O) groups excluding carboxylic acids is 1. The van der Waals surface area contributed by atoms with Gasteiger partial charge in [0.2, 0.25) is 5.91 Å². The summed E-state index contributed by atoms with van der Waals surface area (Å²) >= 11 is 0. The van der Waals surface area contributed by atoms with Crippen molar-refractivity contribution in [3.8, 4) is 17.2 Å². The molecule has 1 amide bonds. The number of benzene rings is 2. The van der Waals surface area contributed by atoms with Gasteiger partial charge in [-0.3, -0.25) is 4.79 Å². The quantitative estimate of drug-likeness (QED) is 0.701. The van der Waals surface area contributed by atoms with Crippen molar-refractivity contribution < 1.29 is 23.5 Å². The second-order valence-electron chi connectivity index (χ2n) is 5.60. The molecule has 2 aromatic carbocycles. The van der Waals surface area contributed by atoms with Gasteiger partial charge in [-0.05, 0) is 18.2 Å². The number of hydrogen-bond donors (Lipinski definition) is 1. The van der Waals surface area contributed by atoms with Crippen LogP contribution in [0.1, 0.15) is 11.3 Å². The summed E-state index contributed by atoms with van der Waals surface area (Å²) in [5, 5.41) is 7.68. The summed E-state index contributed by atoms with van der Waals surface area (Å²) in [6.07, 6.45) is 0.132. The molecule has 0 unspecified atom stereocenters. The van der Waals surface area contributed by atoms with Gasteiger partial charge in [-0.15, -0.1) is 0 Å². The zero-order chi connectivity index (χ0) is 18.5. The van der Waals surface area contributed by atoms with Gasteiger partial charge in [-0.1, -0.05) is 17.3 Å². The zero-order valence-electron chi connectivity index (χ0n) is 14.9. The fourth-order valence-electron chi connectivity index (χ4n) is 2.70. The predicted molar refractivity (Wildman–Crippen MR) is 95.7 cm³/mol. The number of methoxy groups -OCH3 is 3. The second kappa shape index (κ2) is 7.77. The largest absolute Gasteiger partial charge is 0.496 e. The summed E-state index contributed by atoms with van der Waals surface area (Å²) in [5.41, 5.74) is 2.05. The number of carbonyl (C=O) groups is 1. The first-order valence-electron chi connectivity index (χ1n) is 8.05. The van der Waals surface area contributed by atoms with Crippen LogP contribution in [-0.2, 0) is 17.8 Å². The molecule has 1 heterocycles. The molecule has 0 aliphatic carbocycles. The molecule has 7 nitrogen and oxygen atoms in total. The third-order valence-electron chi connectivity index (χ3n) is 4.04. The van der Waals surface area contributed by atoms with Crippen molar-refractivity contribution in [1.29, 1.82) is 0 Å². The molecule has 0 bridgehead atoms. The number of ether oxygens (including phenoxy) is 3. The zero-order valence-corrected chi connectivity index (χ0v) is 14.9. The Labute approximate surface area is 150 Å². The van der Waals surface area contributed by atoms with Crippen molar-refractivity contribution in [2.45, 2.75) is 13.0 Å². The lowest BCUT2D eigenvalue weighted by atomic mass is 10.1. The van der Waals surface area contributed by atoms with E-state index in [-0.39, 0.29) is 18.9 Å². The van der Waals surface area contributed by atoms with Crippen LogP contribution in [-0.4, -0.2) is 32.4 Å². The smallest absolute Gasteiger partial charge is 0.226 e. The van der Waals surface area contributed by atoms with Gasteiger partial charge in [0.25, 0.3) is 0 Å². The fraction of sp³-hybridized carbons (Fsp3) is 0.263. The molecule has 1 aromatic heterocycles. The van der Waals surface area contributed by atoms with Gasteiger partial charge in [0, 0.05) is 23.6 Å².